The van der Waals surface area contributed by atoms with Gasteiger partial charge in [-0.3, -0.25) is 0 Å². The minimum absolute atomic E-state index is 0.880. The molecule has 0 aromatic carbocycles. The largest absolute Gasteiger partial charge is 0.302 e. The molecule has 0 saturated carbocycles. The lowest BCUT2D eigenvalue weighted by atomic mass is 9.99. The van der Waals surface area contributed by atoms with Crippen LogP contribution in [-0.4, -0.2) is 25.0 Å². The molecule has 0 aliphatic rings. The summed E-state index contributed by atoms with van der Waals surface area (Å²) < 4.78 is 0. The van der Waals surface area contributed by atoms with E-state index in [0.29, 0.717) is 0 Å². The third kappa shape index (κ3) is 6.83. The summed E-state index contributed by atoms with van der Waals surface area (Å²) in [6.07, 6.45) is 7.37. The molecule has 1 atom stereocenters. The van der Waals surface area contributed by atoms with Gasteiger partial charge in [-0.1, -0.05) is 39.2 Å². The van der Waals surface area contributed by atoms with Crippen molar-refractivity contribution in [2.45, 2.75) is 39.5 Å². The SMILES string of the molecule is C=CCN(C)CC(CC)CCCC. The van der Waals surface area contributed by atoms with Crippen LogP contribution >= 0.6 is 0 Å². The van der Waals surface area contributed by atoms with Gasteiger partial charge >= 0.3 is 0 Å². The Balaban J connectivity index is 3.61. The molecule has 0 N–H and O–H groups in total. The molecule has 0 aromatic rings. The van der Waals surface area contributed by atoms with Crippen molar-refractivity contribution < 1.29 is 0 Å². The van der Waals surface area contributed by atoms with Gasteiger partial charge in [-0.05, 0) is 19.4 Å². The zero-order valence-electron chi connectivity index (χ0n) is 9.55. The summed E-state index contributed by atoms with van der Waals surface area (Å²) in [5.74, 6) is 0.880. The van der Waals surface area contributed by atoms with Gasteiger partial charge < -0.3 is 4.90 Å². The topological polar surface area (TPSA) is 3.24 Å². The number of hydrogen-bond donors (Lipinski definition) is 0. The summed E-state index contributed by atoms with van der Waals surface area (Å²) in [6, 6.07) is 0. The minimum atomic E-state index is 0.880. The monoisotopic (exact) mass is 183 g/mol. The van der Waals surface area contributed by atoms with Gasteiger partial charge in [0.2, 0.25) is 0 Å². The lowest BCUT2D eigenvalue weighted by Crippen LogP contribution is -2.25. The van der Waals surface area contributed by atoms with Crippen LogP contribution in [0.1, 0.15) is 39.5 Å². The summed E-state index contributed by atoms with van der Waals surface area (Å²) in [4.78, 5) is 2.36. The highest BCUT2D eigenvalue weighted by atomic mass is 15.1. The van der Waals surface area contributed by atoms with Crippen molar-refractivity contribution in [3.05, 3.63) is 12.7 Å². The molecule has 0 saturated heterocycles. The van der Waals surface area contributed by atoms with Crippen LogP contribution in [0.4, 0.5) is 0 Å². The van der Waals surface area contributed by atoms with E-state index in [1.165, 1.54) is 32.2 Å². The fraction of sp³-hybridized carbons (Fsp3) is 0.833. The van der Waals surface area contributed by atoms with Gasteiger partial charge in [0.15, 0.2) is 0 Å². The van der Waals surface area contributed by atoms with E-state index < -0.39 is 0 Å². The van der Waals surface area contributed by atoms with Crippen molar-refractivity contribution in [1.29, 1.82) is 0 Å². The van der Waals surface area contributed by atoms with E-state index in [1.807, 2.05) is 6.08 Å². The maximum atomic E-state index is 3.75. The van der Waals surface area contributed by atoms with Gasteiger partial charge in [0.25, 0.3) is 0 Å². The van der Waals surface area contributed by atoms with E-state index in [1.54, 1.807) is 0 Å². The van der Waals surface area contributed by atoms with Crippen molar-refractivity contribution in [1.82, 2.24) is 4.90 Å². The van der Waals surface area contributed by atoms with Crippen LogP contribution in [0.25, 0.3) is 0 Å². The van der Waals surface area contributed by atoms with Crippen molar-refractivity contribution in [2.75, 3.05) is 20.1 Å². The van der Waals surface area contributed by atoms with Crippen LogP contribution in [0.2, 0.25) is 0 Å². The molecule has 0 fully saturated rings. The molecule has 0 bridgehead atoms. The molecule has 13 heavy (non-hydrogen) atoms. The van der Waals surface area contributed by atoms with E-state index in [9.17, 15) is 0 Å². The second-order valence-corrected chi connectivity index (χ2v) is 3.93. The fourth-order valence-electron chi connectivity index (χ4n) is 1.65. The first-order valence-electron chi connectivity index (χ1n) is 5.54. The van der Waals surface area contributed by atoms with Crippen LogP contribution in [0.5, 0.6) is 0 Å². The Morgan fingerprint density at radius 2 is 2.08 bits per heavy atom. The first kappa shape index (κ1) is 12.7. The Hall–Kier alpha value is -0.300. The van der Waals surface area contributed by atoms with E-state index in [4.69, 9.17) is 0 Å². The molecular formula is C12H25N. The third-order valence-corrected chi connectivity index (χ3v) is 2.55. The van der Waals surface area contributed by atoms with Gasteiger partial charge in [-0.15, -0.1) is 6.58 Å². The molecule has 0 spiro atoms. The molecule has 1 nitrogen and oxygen atoms in total. The smallest absolute Gasteiger partial charge is 0.0157 e. The Kier molecular flexibility index (Phi) is 8.11. The molecule has 78 valence electrons. The molecule has 0 aliphatic heterocycles. The summed E-state index contributed by atoms with van der Waals surface area (Å²) in [5.41, 5.74) is 0. The van der Waals surface area contributed by atoms with Crippen LogP contribution in [0, 0.1) is 5.92 Å². The van der Waals surface area contributed by atoms with Crippen molar-refractivity contribution in [3.63, 3.8) is 0 Å². The summed E-state index contributed by atoms with van der Waals surface area (Å²) in [7, 11) is 2.18. The summed E-state index contributed by atoms with van der Waals surface area (Å²) >= 11 is 0. The average molecular weight is 183 g/mol. The third-order valence-electron chi connectivity index (χ3n) is 2.55. The average Bonchev–Trinajstić information content (AvgIpc) is 2.12. The molecule has 0 amide bonds. The van der Waals surface area contributed by atoms with Crippen LogP contribution in [0.3, 0.4) is 0 Å². The molecule has 1 heteroatoms. The predicted molar refractivity (Wildman–Crippen MR) is 61.0 cm³/mol. The molecule has 0 heterocycles. The molecule has 0 aromatic heterocycles. The van der Waals surface area contributed by atoms with E-state index in [2.05, 4.69) is 32.4 Å². The quantitative estimate of drug-likeness (QED) is 0.522. The first-order valence-corrected chi connectivity index (χ1v) is 5.54. The first-order chi connectivity index (χ1) is 6.24. The molecule has 0 radical (unpaired) electrons. The van der Waals surface area contributed by atoms with Gasteiger partial charge in [0.1, 0.15) is 0 Å². The van der Waals surface area contributed by atoms with E-state index in [0.717, 1.165) is 12.5 Å². The second kappa shape index (κ2) is 8.31. The highest BCUT2D eigenvalue weighted by Gasteiger charge is 2.07. The minimum Gasteiger partial charge on any atom is -0.302 e. The highest BCUT2D eigenvalue weighted by Crippen LogP contribution is 2.13. The summed E-state index contributed by atoms with van der Waals surface area (Å²) in [6.45, 7) is 10.6. The van der Waals surface area contributed by atoms with Gasteiger partial charge in [-0.25, -0.2) is 0 Å². The number of nitrogens with zero attached hydrogens (tertiary/aromatic N) is 1. The molecular weight excluding hydrogens is 158 g/mol. The lowest BCUT2D eigenvalue weighted by molar-refractivity contribution is 0.280. The molecule has 1 unspecified atom stereocenters. The number of unbranched alkanes of at least 4 members (excludes halogenated alkanes) is 1. The summed E-state index contributed by atoms with van der Waals surface area (Å²) in [5, 5.41) is 0. The van der Waals surface area contributed by atoms with E-state index >= 15 is 0 Å². The maximum absolute atomic E-state index is 3.75. The molecule has 0 aliphatic carbocycles. The van der Waals surface area contributed by atoms with Gasteiger partial charge in [-0.2, -0.15) is 0 Å². The normalized spacial score (nSPS) is 13.2. The Morgan fingerprint density at radius 3 is 2.54 bits per heavy atom. The zero-order chi connectivity index (χ0) is 10.1. The van der Waals surface area contributed by atoms with Crippen molar-refractivity contribution in [3.8, 4) is 0 Å². The Labute approximate surface area is 83.8 Å². The number of likely N-dealkylation sites (N-methyl/N-ethyl adjacent to an activating group) is 1. The zero-order valence-corrected chi connectivity index (χ0v) is 9.55. The molecule has 0 rings (SSSR count). The van der Waals surface area contributed by atoms with Crippen molar-refractivity contribution >= 4 is 0 Å². The number of hydrogen-bond acceptors (Lipinski definition) is 1. The predicted octanol–water partition coefficient (Wildman–Crippen LogP) is 3.32. The second-order valence-electron chi connectivity index (χ2n) is 3.93. The number of rotatable bonds is 8. The Bertz CT molecular complexity index is 120. The highest BCUT2D eigenvalue weighted by molar-refractivity contribution is 4.73. The van der Waals surface area contributed by atoms with Crippen LogP contribution in [-0.2, 0) is 0 Å². The fourth-order valence-corrected chi connectivity index (χ4v) is 1.65. The van der Waals surface area contributed by atoms with E-state index in [-0.39, 0.29) is 0 Å². The standard InChI is InChI=1S/C12H25N/c1-5-8-9-12(7-3)11-13(4)10-6-2/h6,12H,2,5,7-11H2,1,3-4H3. The van der Waals surface area contributed by atoms with Crippen LogP contribution < -0.4 is 0 Å². The van der Waals surface area contributed by atoms with Gasteiger partial charge in [0, 0.05) is 13.1 Å². The lowest BCUT2D eigenvalue weighted by Gasteiger charge is -2.21. The Morgan fingerprint density at radius 1 is 1.38 bits per heavy atom. The maximum Gasteiger partial charge on any atom is 0.0157 e. The van der Waals surface area contributed by atoms with Gasteiger partial charge in [0.05, 0.1) is 0 Å². The van der Waals surface area contributed by atoms with Crippen molar-refractivity contribution in [2.24, 2.45) is 5.92 Å². The van der Waals surface area contributed by atoms with Crippen LogP contribution in [0.15, 0.2) is 12.7 Å².